The lowest BCUT2D eigenvalue weighted by molar-refractivity contribution is 0.551. The Morgan fingerprint density at radius 2 is 1.83 bits per heavy atom. The van der Waals surface area contributed by atoms with Gasteiger partial charge >= 0.3 is 0 Å². The fourth-order valence-corrected chi connectivity index (χ4v) is 3.99. The highest BCUT2D eigenvalue weighted by Crippen LogP contribution is 2.32. The summed E-state index contributed by atoms with van der Waals surface area (Å²) in [5.41, 5.74) is 2.27. The maximum Gasteiger partial charge on any atom is 0.198 e. The van der Waals surface area contributed by atoms with Gasteiger partial charge in [0.2, 0.25) is 0 Å². The van der Waals surface area contributed by atoms with Crippen LogP contribution in [0.1, 0.15) is 39.1 Å². The van der Waals surface area contributed by atoms with Gasteiger partial charge in [0, 0.05) is 17.5 Å². The zero-order valence-corrected chi connectivity index (χ0v) is 16.2. The van der Waals surface area contributed by atoms with E-state index < -0.39 is 0 Å². The van der Waals surface area contributed by atoms with Crippen LogP contribution in [0.5, 0.6) is 0 Å². The van der Waals surface area contributed by atoms with Crippen molar-refractivity contribution in [3.05, 3.63) is 35.7 Å². The third kappa shape index (κ3) is 3.52. The van der Waals surface area contributed by atoms with Crippen molar-refractivity contribution in [2.45, 2.75) is 56.1 Å². The SMILES string of the molecule is CCn1c(Sc2nc(C(C)(C)C)ns2)nnc1-c1ccc(C)cc1. The minimum absolute atomic E-state index is 0.0409. The third-order valence-electron chi connectivity index (χ3n) is 3.60. The molecular formula is C17H21N5S2. The minimum Gasteiger partial charge on any atom is -0.302 e. The molecule has 3 rings (SSSR count). The molecular weight excluding hydrogens is 338 g/mol. The fourth-order valence-electron chi connectivity index (χ4n) is 2.20. The number of aryl methyl sites for hydroxylation is 1. The molecule has 0 saturated heterocycles. The van der Waals surface area contributed by atoms with Crippen LogP contribution in [-0.2, 0) is 12.0 Å². The minimum atomic E-state index is -0.0409. The van der Waals surface area contributed by atoms with Crippen molar-refractivity contribution in [3.8, 4) is 11.4 Å². The molecule has 0 radical (unpaired) electrons. The fraction of sp³-hybridized carbons (Fsp3) is 0.412. The summed E-state index contributed by atoms with van der Waals surface area (Å²) in [7, 11) is 0. The summed E-state index contributed by atoms with van der Waals surface area (Å²) >= 11 is 2.95. The molecule has 0 spiro atoms. The van der Waals surface area contributed by atoms with Crippen LogP contribution >= 0.6 is 23.3 Å². The Kier molecular flexibility index (Phi) is 4.73. The van der Waals surface area contributed by atoms with Crippen molar-refractivity contribution >= 4 is 23.3 Å². The third-order valence-corrected chi connectivity index (χ3v) is 5.34. The van der Waals surface area contributed by atoms with E-state index in [1.54, 1.807) is 0 Å². The van der Waals surface area contributed by atoms with Gasteiger partial charge in [-0.05, 0) is 37.1 Å². The Morgan fingerprint density at radius 3 is 2.42 bits per heavy atom. The van der Waals surface area contributed by atoms with Gasteiger partial charge in [-0.15, -0.1) is 10.2 Å². The Balaban J connectivity index is 1.89. The van der Waals surface area contributed by atoms with Crippen LogP contribution in [0, 0.1) is 6.92 Å². The zero-order valence-electron chi connectivity index (χ0n) is 14.6. The normalized spacial score (nSPS) is 11.9. The second kappa shape index (κ2) is 6.64. The van der Waals surface area contributed by atoms with E-state index in [2.05, 4.69) is 83.0 Å². The van der Waals surface area contributed by atoms with E-state index in [0.717, 1.165) is 33.3 Å². The smallest absolute Gasteiger partial charge is 0.198 e. The number of hydrogen-bond acceptors (Lipinski definition) is 6. The Labute approximate surface area is 150 Å². The largest absolute Gasteiger partial charge is 0.302 e. The van der Waals surface area contributed by atoms with E-state index >= 15 is 0 Å². The van der Waals surface area contributed by atoms with E-state index in [9.17, 15) is 0 Å². The second-order valence-corrected chi connectivity index (χ2v) is 8.62. The van der Waals surface area contributed by atoms with Crippen molar-refractivity contribution in [3.63, 3.8) is 0 Å². The summed E-state index contributed by atoms with van der Waals surface area (Å²) < 4.78 is 7.49. The number of benzene rings is 1. The van der Waals surface area contributed by atoms with Gasteiger partial charge in [-0.25, -0.2) is 4.98 Å². The maximum atomic E-state index is 4.64. The van der Waals surface area contributed by atoms with E-state index in [-0.39, 0.29) is 5.41 Å². The van der Waals surface area contributed by atoms with Gasteiger partial charge in [-0.2, -0.15) is 4.37 Å². The topological polar surface area (TPSA) is 56.5 Å². The average molecular weight is 360 g/mol. The van der Waals surface area contributed by atoms with Crippen molar-refractivity contribution in [1.29, 1.82) is 0 Å². The summed E-state index contributed by atoms with van der Waals surface area (Å²) in [4.78, 5) is 4.64. The van der Waals surface area contributed by atoms with E-state index in [1.165, 1.54) is 28.9 Å². The molecule has 0 fully saturated rings. The van der Waals surface area contributed by atoms with Gasteiger partial charge in [0.25, 0.3) is 0 Å². The molecule has 2 heterocycles. The molecule has 7 heteroatoms. The Hall–Kier alpha value is -1.73. The second-order valence-electron chi connectivity index (χ2n) is 6.65. The van der Waals surface area contributed by atoms with Crippen molar-refractivity contribution in [2.75, 3.05) is 0 Å². The van der Waals surface area contributed by atoms with Gasteiger partial charge < -0.3 is 4.57 Å². The van der Waals surface area contributed by atoms with Gasteiger partial charge in [0.1, 0.15) is 5.82 Å². The lowest BCUT2D eigenvalue weighted by Gasteiger charge is -2.12. The predicted octanol–water partition coefficient (Wildman–Crippen LogP) is 4.57. The monoisotopic (exact) mass is 359 g/mol. The van der Waals surface area contributed by atoms with Crippen molar-refractivity contribution in [2.24, 2.45) is 0 Å². The van der Waals surface area contributed by atoms with Gasteiger partial charge in [-0.1, -0.05) is 50.6 Å². The summed E-state index contributed by atoms with van der Waals surface area (Å²) in [6.45, 7) is 11.3. The van der Waals surface area contributed by atoms with Gasteiger partial charge in [-0.3, -0.25) is 0 Å². The molecule has 3 aromatic rings. The van der Waals surface area contributed by atoms with Crippen LogP contribution in [0.4, 0.5) is 0 Å². The van der Waals surface area contributed by atoms with Crippen molar-refractivity contribution < 1.29 is 0 Å². The number of hydrogen-bond donors (Lipinski definition) is 0. The molecule has 5 nitrogen and oxygen atoms in total. The molecule has 0 aliphatic carbocycles. The number of aromatic nitrogens is 5. The summed E-state index contributed by atoms with van der Waals surface area (Å²) in [5, 5.41) is 9.61. The Bertz CT molecular complexity index is 828. The highest BCUT2D eigenvalue weighted by molar-refractivity contribution is 8.00. The van der Waals surface area contributed by atoms with Gasteiger partial charge in [0.05, 0.1) is 0 Å². The first-order valence-corrected chi connectivity index (χ1v) is 9.49. The molecule has 24 heavy (non-hydrogen) atoms. The van der Waals surface area contributed by atoms with E-state index in [1.807, 2.05) is 0 Å². The highest BCUT2D eigenvalue weighted by atomic mass is 32.2. The molecule has 0 bridgehead atoms. The zero-order chi connectivity index (χ0) is 17.3. The molecule has 2 aromatic heterocycles. The number of nitrogens with zero attached hydrogens (tertiary/aromatic N) is 5. The Morgan fingerprint density at radius 1 is 1.12 bits per heavy atom. The summed E-state index contributed by atoms with van der Waals surface area (Å²) in [6, 6.07) is 8.36. The maximum absolute atomic E-state index is 4.64. The number of rotatable bonds is 4. The van der Waals surface area contributed by atoms with Crippen LogP contribution in [0.2, 0.25) is 0 Å². The molecule has 0 unspecified atom stereocenters. The average Bonchev–Trinajstić information content (AvgIpc) is 3.15. The molecule has 0 saturated carbocycles. The molecule has 1 aromatic carbocycles. The first-order chi connectivity index (χ1) is 11.4. The lowest BCUT2D eigenvalue weighted by Crippen LogP contribution is -2.12. The standard InChI is InChI=1S/C17H21N5S2/c1-6-22-13(12-9-7-11(2)8-10-12)19-20-15(22)23-16-18-14(21-24-16)17(3,4)5/h7-10H,6H2,1-5H3. The summed E-state index contributed by atoms with van der Waals surface area (Å²) in [5.74, 6) is 1.76. The molecule has 0 atom stereocenters. The van der Waals surface area contributed by atoms with Crippen LogP contribution < -0.4 is 0 Å². The van der Waals surface area contributed by atoms with Crippen LogP contribution in [0.15, 0.2) is 33.8 Å². The predicted molar refractivity (Wildman–Crippen MR) is 98.6 cm³/mol. The molecule has 0 aliphatic heterocycles. The quantitative estimate of drug-likeness (QED) is 0.683. The molecule has 126 valence electrons. The van der Waals surface area contributed by atoms with E-state index in [0.29, 0.717) is 0 Å². The molecule has 0 N–H and O–H groups in total. The van der Waals surface area contributed by atoms with Crippen LogP contribution in [0.25, 0.3) is 11.4 Å². The molecule has 0 aliphatic rings. The highest BCUT2D eigenvalue weighted by Gasteiger charge is 2.21. The summed E-state index contributed by atoms with van der Waals surface area (Å²) in [6.07, 6.45) is 0. The van der Waals surface area contributed by atoms with E-state index in [4.69, 9.17) is 0 Å². The van der Waals surface area contributed by atoms with Crippen LogP contribution in [-0.4, -0.2) is 24.1 Å². The van der Waals surface area contributed by atoms with Crippen LogP contribution in [0.3, 0.4) is 0 Å². The van der Waals surface area contributed by atoms with Crippen molar-refractivity contribution in [1.82, 2.24) is 24.1 Å². The molecule has 0 amide bonds. The lowest BCUT2D eigenvalue weighted by atomic mass is 9.96. The first kappa shape index (κ1) is 17.1. The van der Waals surface area contributed by atoms with Gasteiger partial charge in [0.15, 0.2) is 15.3 Å². The first-order valence-electron chi connectivity index (χ1n) is 7.90.